The minimum Gasteiger partial charge on any atom is -0.320 e. The number of carbonyl (C=O) groups is 1. The molecule has 2 aromatic heterocycles. The van der Waals surface area contributed by atoms with Gasteiger partial charge in [0, 0.05) is 10.2 Å². The number of fused-ring (bicyclic) bond motifs is 1. The van der Waals surface area contributed by atoms with Crippen LogP contribution in [0.2, 0.25) is 0 Å². The highest BCUT2D eigenvalue weighted by atomic mass is 79.9. The van der Waals surface area contributed by atoms with Gasteiger partial charge in [0.2, 0.25) is 9.97 Å². The third kappa shape index (κ3) is 2.12. The Morgan fingerprint density at radius 1 is 1.44 bits per heavy atom. The molecule has 3 rings (SSSR count). The summed E-state index contributed by atoms with van der Waals surface area (Å²) in [5.74, 6) is -0.261. The Kier molecular flexibility index (Phi) is 2.80. The van der Waals surface area contributed by atoms with Gasteiger partial charge in [-0.15, -0.1) is 15.3 Å². The first-order valence-electron chi connectivity index (χ1n) is 4.96. The molecule has 1 aromatic carbocycles. The second-order valence-corrected chi connectivity index (χ2v) is 5.30. The predicted molar refractivity (Wildman–Crippen MR) is 70.8 cm³/mol. The van der Waals surface area contributed by atoms with E-state index >= 15 is 0 Å². The highest BCUT2D eigenvalue weighted by Gasteiger charge is 2.13. The SMILES string of the molecule is O=C(Nc1cccc(Br)c1)c1nn2cnnc2s1. The fourth-order valence-electron chi connectivity index (χ4n) is 1.40. The molecule has 0 bridgehead atoms. The summed E-state index contributed by atoms with van der Waals surface area (Å²) in [6.07, 6.45) is 1.46. The normalized spacial score (nSPS) is 10.7. The Bertz CT molecular complexity index is 693. The van der Waals surface area contributed by atoms with Gasteiger partial charge in [-0.2, -0.15) is 4.52 Å². The molecule has 18 heavy (non-hydrogen) atoms. The van der Waals surface area contributed by atoms with Crippen LogP contribution in [0.3, 0.4) is 0 Å². The lowest BCUT2D eigenvalue weighted by Crippen LogP contribution is -2.11. The number of anilines is 1. The van der Waals surface area contributed by atoms with Crippen LogP contribution in [0.4, 0.5) is 5.69 Å². The average Bonchev–Trinajstić information content (AvgIpc) is 2.88. The van der Waals surface area contributed by atoms with Crippen LogP contribution in [0, 0.1) is 0 Å². The maximum absolute atomic E-state index is 12.0. The van der Waals surface area contributed by atoms with Crippen molar-refractivity contribution < 1.29 is 4.79 Å². The maximum atomic E-state index is 12.0. The van der Waals surface area contributed by atoms with Crippen LogP contribution in [-0.2, 0) is 0 Å². The van der Waals surface area contributed by atoms with Crippen molar-refractivity contribution in [2.24, 2.45) is 0 Å². The van der Waals surface area contributed by atoms with Gasteiger partial charge in [0.15, 0.2) is 0 Å². The van der Waals surface area contributed by atoms with Gasteiger partial charge >= 0.3 is 0 Å². The summed E-state index contributed by atoms with van der Waals surface area (Å²) in [4.78, 5) is 12.5. The van der Waals surface area contributed by atoms with Gasteiger partial charge in [-0.3, -0.25) is 4.79 Å². The lowest BCUT2D eigenvalue weighted by Gasteiger charge is -2.02. The Morgan fingerprint density at radius 2 is 2.33 bits per heavy atom. The van der Waals surface area contributed by atoms with Crippen LogP contribution in [0.25, 0.3) is 4.96 Å². The van der Waals surface area contributed by atoms with Gasteiger partial charge in [-0.05, 0) is 18.2 Å². The first-order valence-corrected chi connectivity index (χ1v) is 6.57. The van der Waals surface area contributed by atoms with Crippen LogP contribution in [0.15, 0.2) is 35.1 Å². The molecule has 8 heteroatoms. The van der Waals surface area contributed by atoms with Gasteiger partial charge in [0.05, 0.1) is 0 Å². The minimum atomic E-state index is -0.261. The van der Waals surface area contributed by atoms with Gasteiger partial charge in [-0.25, -0.2) is 0 Å². The molecule has 1 amide bonds. The number of hydrogen-bond donors (Lipinski definition) is 1. The molecule has 6 nitrogen and oxygen atoms in total. The minimum absolute atomic E-state index is 0.261. The largest absolute Gasteiger partial charge is 0.320 e. The Balaban J connectivity index is 1.85. The molecule has 2 heterocycles. The molecular formula is C10H6BrN5OS. The number of aromatic nitrogens is 4. The summed E-state index contributed by atoms with van der Waals surface area (Å²) in [5.41, 5.74) is 0.709. The number of benzene rings is 1. The van der Waals surface area contributed by atoms with Crippen LogP contribution in [0.1, 0.15) is 9.80 Å². The molecule has 0 radical (unpaired) electrons. The van der Waals surface area contributed by atoms with Crippen molar-refractivity contribution in [3.8, 4) is 0 Å². The van der Waals surface area contributed by atoms with Crippen molar-refractivity contribution >= 4 is 43.8 Å². The van der Waals surface area contributed by atoms with E-state index in [0.717, 1.165) is 4.47 Å². The summed E-state index contributed by atoms with van der Waals surface area (Å²) < 4.78 is 2.37. The highest BCUT2D eigenvalue weighted by molar-refractivity contribution is 9.10. The smallest absolute Gasteiger partial charge is 0.286 e. The second kappa shape index (κ2) is 4.46. The lowest BCUT2D eigenvalue weighted by atomic mass is 10.3. The van der Waals surface area contributed by atoms with Gasteiger partial charge < -0.3 is 5.32 Å². The highest BCUT2D eigenvalue weighted by Crippen LogP contribution is 2.18. The van der Waals surface area contributed by atoms with Crippen LogP contribution < -0.4 is 5.32 Å². The molecule has 90 valence electrons. The molecule has 0 aliphatic rings. The molecule has 0 atom stereocenters. The van der Waals surface area contributed by atoms with E-state index in [1.165, 1.54) is 22.2 Å². The van der Waals surface area contributed by atoms with Crippen molar-refractivity contribution in [2.75, 3.05) is 5.32 Å². The van der Waals surface area contributed by atoms with Crippen LogP contribution in [0.5, 0.6) is 0 Å². The molecule has 0 aliphatic carbocycles. The van der Waals surface area contributed by atoms with E-state index in [1.54, 1.807) is 0 Å². The first kappa shape index (κ1) is 11.3. The maximum Gasteiger partial charge on any atom is 0.286 e. The van der Waals surface area contributed by atoms with E-state index in [0.29, 0.717) is 15.7 Å². The van der Waals surface area contributed by atoms with E-state index in [9.17, 15) is 4.79 Å². The van der Waals surface area contributed by atoms with Gasteiger partial charge in [0.25, 0.3) is 5.91 Å². The molecule has 0 unspecified atom stereocenters. The van der Waals surface area contributed by atoms with Crippen molar-refractivity contribution in [3.05, 3.63) is 40.1 Å². The molecule has 0 spiro atoms. The number of carbonyl (C=O) groups excluding carboxylic acids is 1. The van der Waals surface area contributed by atoms with Gasteiger partial charge in [0.1, 0.15) is 6.33 Å². The fourth-order valence-corrected chi connectivity index (χ4v) is 2.52. The second-order valence-electron chi connectivity index (χ2n) is 3.43. The summed E-state index contributed by atoms with van der Waals surface area (Å²) in [6.45, 7) is 0. The third-order valence-corrected chi connectivity index (χ3v) is 3.57. The zero-order valence-electron chi connectivity index (χ0n) is 8.87. The predicted octanol–water partition coefficient (Wildman–Crippen LogP) is 2.20. The van der Waals surface area contributed by atoms with Crippen molar-refractivity contribution in [2.45, 2.75) is 0 Å². The van der Waals surface area contributed by atoms with E-state index < -0.39 is 0 Å². The summed E-state index contributed by atoms with van der Waals surface area (Å²) in [7, 11) is 0. The average molecular weight is 324 g/mol. The summed E-state index contributed by atoms with van der Waals surface area (Å²) in [6, 6.07) is 7.36. The zero-order valence-corrected chi connectivity index (χ0v) is 11.3. The Labute approximate surface area is 114 Å². The number of amides is 1. The number of halogens is 1. The van der Waals surface area contributed by atoms with E-state index in [-0.39, 0.29) is 5.91 Å². The number of hydrogen-bond acceptors (Lipinski definition) is 5. The molecule has 0 aliphatic heterocycles. The number of rotatable bonds is 2. The number of nitrogens with zero attached hydrogens (tertiary/aromatic N) is 4. The Morgan fingerprint density at radius 3 is 3.11 bits per heavy atom. The topological polar surface area (TPSA) is 72.2 Å². The molecule has 3 aromatic rings. The monoisotopic (exact) mass is 323 g/mol. The van der Waals surface area contributed by atoms with Crippen molar-refractivity contribution in [3.63, 3.8) is 0 Å². The first-order chi connectivity index (χ1) is 8.72. The molecular weight excluding hydrogens is 318 g/mol. The van der Waals surface area contributed by atoms with E-state index in [4.69, 9.17) is 0 Å². The quantitative estimate of drug-likeness (QED) is 0.784. The summed E-state index contributed by atoms with van der Waals surface area (Å²) >= 11 is 4.53. The van der Waals surface area contributed by atoms with Crippen molar-refractivity contribution in [1.29, 1.82) is 0 Å². The lowest BCUT2D eigenvalue weighted by molar-refractivity contribution is 0.102. The molecule has 0 saturated heterocycles. The summed E-state index contributed by atoms with van der Waals surface area (Å²) in [5, 5.41) is 14.7. The molecule has 0 fully saturated rings. The van der Waals surface area contributed by atoms with Crippen LogP contribution >= 0.6 is 27.3 Å². The number of nitrogens with one attached hydrogen (secondary N) is 1. The molecule has 1 N–H and O–H groups in total. The van der Waals surface area contributed by atoms with Crippen molar-refractivity contribution in [1.82, 2.24) is 19.8 Å². The van der Waals surface area contributed by atoms with E-state index in [2.05, 4.69) is 36.5 Å². The zero-order chi connectivity index (χ0) is 12.5. The van der Waals surface area contributed by atoms with Crippen LogP contribution in [-0.4, -0.2) is 25.7 Å². The fraction of sp³-hybridized carbons (Fsp3) is 0. The van der Waals surface area contributed by atoms with E-state index in [1.807, 2.05) is 24.3 Å². The standard InChI is InChI=1S/C10H6BrN5OS/c11-6-2-1-3-7(4-6)13-8(17)9-15-16-5-12-14-10(16)18-9/h1-5H,(H,13,17). The van der Waals surface area contributed by atoms with Gasteiger partial charge in [-0.1, -0.05) is 33.3 Å². The third-order valence-electron chi connectivity index (χ3n) is 2.16. The molecule has 0 saturated carbocycles. The Hall–Kier alpha value is -1.80.